The molecular formula is C10H14S. The molecule has 0 aliphatic heterocycles. The fourth-order valence-electron chi connectivity index (χ4n) is 1.24. The van der Waals surface area contributed by atoms with Gasteiger partial charge in [-0.1, -0.05) is 12.1 Å². The first-order valence-corrected chi connectivity index (χ1v) is 5.00. The molecule has 1 heteroatoms. The van der Waals surface area contributed by atoms with E-state index in [0.29, 0.717) is 0 Å². The summed E-state index contributed by atoms with van der Waals surface area (Å²) < 4.78 is 0. The van der Waals surface area contributed by atoms with Gasteiger partial charge in [0.1, 0.15) is 0 Å². The summed E-state index contributed by atoms with van der Waals surface area (Å²) in [7, 11) is 0. The van der Waals surface area contributed by atoms with Crippen molar-refractivity contribution >= 4 is 11.8 Å². The van der Waals surface area contributed by atoms with Gasteiger partial charge < -0.3 is 0 Å². The normalized spacial score (nSPS) is 10.2. The van der Waals surface area contributed by atoms with Crippen LogP contribution in [0.3, 0.4) is 0 Å². The molecule has 0 nitrogen and oxygen atoms in total. The first kappa shape index (κ1) is 8.66. The maximum absolute atomic E-state index is 2.19. The smallest absolute Gasteiger partial charge is 0.0130 e. The highest BCUT2D eigenvalue weighted by molar-refractivity contribution is 7.98. The van der Waals surface area contributed by atoms with Crippen LogP contribution in [0.15, 0.2) is 17.0 Å². The van der Waals surface area contributed by atoms with Gasteiger partial charge in [-0.05, 0) is 43.7 Å². The Bertz CT molecular complexity index is 264. The van der Waals surface area contributed by atoms with Gasteiger partial charge in [-0.25, -0.2) is 0 Å². The first-order valence-electron chi connectivity index (χ1n) is 3.77. The van der Waals surface area contributed by atoms with Crippen molar-refractivity contribution in [1.29, 1.82) is 0 Å². The van der Waals surface area contributed by atoms with E-state index in [4.69, 9.17) is 0 Å². The highest BCUT2D eigenvalue weighted by Crippen LogP contribution is 2.25. The number of rotatable bonds is 1. The van der Waals surface area contributed by atoms with Crippen LogP contribution in [0.4, 0.5) is 0 Å². The topological polar surface area (TPSA) is 0 Å². The van der Waals surface area contributed by atoms with E-state index in [1.54, 1.807) is 0 Å². The Kier molecular flexibility index (Phi) is 2.61. The third kappa shape index (κ3) is 1.59. The quantitative estimate of drug-likeness (QED) is 0.577. The Morgan fingerprint density at radius 2 is 1.55 bits per heavy atom. The Balaban J connectivity index is 3.29. The van der Waals surface area contributed by atoms with E-state index in [-0.39, 0.29) is 0 Å². The van der Waals surface area contributed by atoms with Crippen molar-refractivity contribution in [1.82, 2.24) is 0 Å². The maximum atomic E-state index is 2.19. The van der Waals surface area contributed by atoms with Crippen LogP contribution >= 0.6 is 11.8 Å². The van der Waals surface area contributed by atoms with Crippen LogP contribution in [0, 0.1) is 20.8 Å². The molecule has 11 heavy (non-hydrogen) atoms. The average Bonchev–Trinajstić information content (AvgIpc) is 1.99. The van der Waals surface area contributed by atoms with E-state index in [0.717, 1.165) is 0 Å². The molecule has 0 N–H and O–H groups in total. The lowest BCUT2D eigenvalue weighted by atomic mass is 10.1. The number of aryl methyl sites for hydroxylation is 2. The Morgan fingerprint density at radius 1 is 1.00 bits per heavy atom. The van der Waals surface area contributed by atoms with Crippen molar-refractivity contribution in [3.8, 4) is 0 Å². The fourth-order valence-corrected chi connectivity index (χ4v) is 2.10. The van der Waals surface area contributed by atoms with Crippen LogP contribution in [0.25, 0.3) is 0 Å². The molecule has 0 aliphatic rings. The number of benzene rings is 1. The van der Waals surface area contributed by atoms with Crippen molar-refractivity contribution in [2.75, 3.05) is 6.26 Å². The Morgan fingerprint density at radius 3 is 2.00 bits per heavy atom. The second kappa shape index (κ2) is 3.31. The zero-order chi connectivity index (χ0) is 8.43. The molecule has 0 unspecified atom stereocenters. The molecule has 0 saturated carbocycles. The molecule has 0 spiro atoms. The van der Waals surface area contributed by atoms with Gasteiger partial charge in [0.2, 0.25) is 0 Å². The molecule has 0 saturated heterocycles. The fraction of sp³-hybridized carbons (Fsp3) is 0.400. The molecule has 0 aliphatic carbocycles. The molecule has 1 rings (SSSR count). The van der Waals surface area contributed by atoms with Gasteiger partial charge >= 0.3 is 0 Å². The molecule has 0 amide bonds. The summed E-state index contributed by atoms with van der Waals surface area (Å²) in [6, 6.07) is 4.37. The maximum Gasteiger partial charge on any atom is 0.0130 e. The van der Waals surface area contributed by atoms with Gasteiger partial charge in [-0.15, -0.1) is 11.8 Å². The standard InChI is InChI=1S/C10H14S/c1-7-5-6-8(2)10(11-4)9(7)3/h5-6H,1-4H3. The Hall–Kier alpha value is -0.430. The molecule has 0 aromatic heterocycles. The molecule has 0 heterocycles. The number of hydrogen-bond donors (Lipinski definition) is 0. The summed E-state index contributed by atoms with van der Waals surface area (Å²) in [5.41, 5.74) is 4.21. The van der Waals surface area contributed by atoms with Gasteiger partial charge in [0, 0.05) is 4.90 Å². The van der Waals surface area contributed by atoms with Gasteiger partial charge in [0.15, 0.2) is 0 Å². The second-order valence-electron chi connectivity index (χ2n) is 2.86. The SMILES string of the molecule is CSc1c(C)ccc(C)c1C. The molecular weight excluding hydrogens is 152 g/mol. The molecule has 60 valence electrons. The molecule has 0 atom stereocenters. The van der Waals surface area contributed by atoms with E-state index in [9.17, 15) is 0 Å². The monoisotopic (exact) mass is 166 g/mol. The van der Waals surface area contributed by atoms with Crippen molar-refractivity contribution in [3.63, 3.8) is 0 Å². The van der Waals surface area contributed by atoms with Crippen molar-refractivity contribution < 1.29 is 0 Å². The predicted molar refractivity (Wildman–Crippen MR) is 52.4 cm³/mol. The minimum atomic E-state index is 1.39. The van der Waals surface area contributed by atoms with E-state index in [2.05, 4.69) is 39.2 Å². The van der Waals surface area contributed by atoms with Gasteiger partial charge in [-0.2, -0.15) is 0 Å². The van der Waals surface area contributed by atoms with Crippen LogP contribution < -0.4 is 0 Å². The highest BCUT2D eigenvalue weighted by Gasteiger charge is 2.01. The van der Waals surface area contributed by atoms with Gasteiger partial charge in [-0.3, -0.25) is 0 Å². The molecule has 1 aromatic rings. The van der Waals surface area contributed by atoms with Crippen LogP contribution in [0.5, 0.6) is 0 Å². The highest BCUT2D eigenvalue weighted by atomic mass is 32.2. The van der Waals surface area contributed by atoms with Crippen LogP contribution in [0.1, 0.15) is 16.7 Å². The molecule has 1 aromatic carbocycles. The summed E-state index contributed by atoms with van der Waals surface area (Å²) in [5.74, 6) is 0. The Labute approximate surface area is 73.0 Å². The summed E-state index contributed by atoms with van der Waals surface area (Å²) in [6.07, 6.45) is 2.13. The second-order valence-corrected chi connectivity index (χ2v) is 3.67. The van der Waals surface area contributed by atoms with E-state index < -0.39 is 0 Å². The van der Waals surface area contributed by atoms with Crippen molar-refractivity contribution in [2.24, 2.45) is 0 Å². The lowest BCUT2D eigenvalue weighted by molar-refractivity contribution is 1.17. The summed E-state index contributed by atoms with van der Waals surface area (Å²) in [4.78, 5) is 1.44. The third-order valence-electron chi connectivity index (χ3n) is 2.08. The first-order chi connectivity index (χ1) is 5.16. The predicted octanol–water partition coefficient (Wildman–Crippen LogP) is 3.33. The van der Waals surface area contributed by atoms with Crippen LogP contribution in [0.2, 0.25) is 0 Å². The van der Waals surface area contributed by atoms with Crippen LogP contribution in [-0.4, -0.2) is 6.26 Å². The summed E-state index contributed by atoms with van der Waals surface area (Å²) in [5, 5.41) is 0. The van der Waals surface area contributed by atoms with Crippen molar-refractivity contribution in [3.05, 3.63) is 28.8 Å². The molecule has 0 radical (unpaired) electrons. The summed E-state index contributed by atoms with van der Waals surface area (Å²) >= 11 is 1.84. The summed E-state index contributed by atoms with van der Waals surface area (Å²) in [6.45, 7) is 6.51. The lowest BCUT2D eigenvalue weighted by Gasteiger charge is -2.08. The van der Waals surface area contributed by atoms with Crippen molar-refractivity contribution in [2.45, 2.75) is 25.7 Å². The minimum Gasteiger partial charge on any atom is -0.129 e. The minimum absolute atomic E-state index is 1.39. The van der Waals surface area contributed by atoms with Crippen LogP contribution in [-0.2, 0) is 0 Å². The zero-order valence-electron chi connectivity index (χ0n) is 7.56. The lowest BCUT2D eigenvalue weighted by Crippen LogP contribution is -1.87. The van der Waals surface area contributed by atoms with Gasteiger partial charge in [0.05, 0.1) is 0 Å². The number of thioether (sulfide) groups is 1. The van der Waals surface area contributed by atoms with E-state index >= 15 is 0 Å². The largest absolute Gasteiger partial charge is 0.129 e. The van der Waals surface area contributed by atoms with E-state index in [1.165, 1.54) is 21.6 Å². The number of hydrogen-bond acceptors (Lipinski definition) is 1. The van der Waals surface area contributed by atoms with E-state index in [1.807, 2.05) is 11.8 Å². The average molecular weight is 166 g/mol. The zero-order valence-corrected chi connectivity index (χ0v) is 8.38. The van der Waals surface area contributed by atoms with Gasteiger partial charge in [0.25, 0.3) is 0 Å². The molecule has 0 fully saturated rings. The molecule has 0 bridgehead atoms. The third-order valence-corrected chi connectivity index (χ3v) is 3.11.